The zero-order valence-electron chi connectivity index (χ0n) is 15.0. The molecule has 0 N–H and O–H groups in total. The van der Waals surface area contributed by atoms with E-state index in [1.165, 1.54) is 6.07 Å². The average Bonchev–Trinajstić information content (AvgIpc) is 3.11. The first-order valence-corrected chi connectivity index (χ1v) is 9.46. The SMILES string of the molecule is O=C(OCc1ccccc1)N(C(=O)[N+](=O)[O-])c1ccc2sc3ccccc3c2c1. The zero-order valence-corrected chi connectivity index (χ0v) is 15.8. The number of hydrogen-bond acceptors (Lipinski definition) is 6. The third-order valence-electron chi connectivity index (χ3n) is 4.35. The Labute approximate surface area is 168 Å². The number of thiophene rings is 1. The molecule has 0 atom stereocenters. The standard InChI is InChI=1S/C21H14N2O5S/c24-20(23(26)27)22(21(25)28-13-14-6-2-1-3-7-14)15-10-11-19-17(12-15)16-8-4-5-9-18(16)29-19/h1-12H,13H2. The smallest absolute Gasteiger partial charge is 0.426 e. The van der Waals surface area contributed by atoms with Gasteiger partial charge in [-0.2, -0.15) is 9.59 Å². The fraction of sp³-hybridized carbons (Fsp3) is 0.0476. The molecule has 3 amide bonds. The summed E-state index contributed by atoms with van der Waals surface area (Å²) in [5.41, 5.74) is 0.787. The Bertz CT molecular complexity index is 1240. The van der Waals surface area contributed by atoms with Crippen LogP contribution in [0.3, 0.4) is 0 Å². The van der Waals surface area contributed by atoms with Crippen molar-refractivity contribution >= 4 is 49.3 Å². The van der Waals surface area contributed by atoms with Crippen LogP contribution in [0.5, 0.6) is 0 Å². The number of amides is 3. The molecule has 1 aromatic heterocycles. The molecule has 8 heteroatoms. The van der Waals surface area contributed by atoms with Gasteiger partial charge in [-0.25, -0.2) is 0 Å². The van der Waals surface area contributed by atoms with Crippen LogP contribution >= 0.6 is 11.3 Å². The van der Waals surface area contributed by atoms with Crippen LogP contribution in [0.25, 0.3) is 20.2 Å². The number of urea groups is 1. The van der Waals surface area contributed by atoms with Crippen molar-refractivity contribution in [3.05, 3.63) is 88.5 Å². The highest BCUT2D eigenvalue weighted by molar-refractivity contribution is 7.25. The van der Waals surface area contributed by atoms with E-state index in [1.54, 1.807) is 47.7 Å². The molecule has 0 unspecified atom stereocenters. The number of fused-ring (bicyclic) bond motifs is 3. The van der Waals surface area contributed by atoms with E-state index in [2.05, 4.69) is 0 Å². The third kappa shape index (κ3) is 3.65. The number of imide groups is 1. The fourth-order valence-electron chi connectivity index (χ4n) is 3.01. The normalized spacial score (nSPS) is 10.8. The Hall–Kier alpha value is -3.78. The Morgan fingerprint density at radius 3 is 2.38 bits per heavy atom. The number of carbonyl (C=O) groups excluding carboxylic acids is 2. The van der Waals surface area contributed by atoms with Crippen molar-refractivity contribution < 1.29 is 19.2 Å². The molecule has 0 radical (unpaired) electrons. The number of benzene rings is 3. The topological polar surface area (TPSA) is 89.8 Å². The summed E-state index contributed by atoms with van der Waals surface area (Å²) in [6, 6.07) is 19.8. The molecule has 29 heavy (non-hydrogen) atoms. The molecule has 4 rings (SSSR count). The first kappa shape index (κ1) is 18.6. The molecule has 0 spiro atoms. The second-order valence-electron chi connectivity index (χ2n) is 6.19. The largest absolute Gasteiger partial charge is 0.550 e. The summed E-state index contributed by atoms with van der Waals surface area (Å²) in [5, 5.41) is 12.9. The lowest BCUT2D eigenvalue weighted by molar-refractivity contribution is -0.370. The second-order valence-corrected chi connectivity index (χ2v) is 7.28. The van der Waals surface area contributed by atoms with Crippen LogP contribution in [0, 0.1) is 10.1 Å². The number of nitrogens with zero attached hydrogens (tertiary/aromatic N) is 2. The fourth-order valence-corrected chi connectivity index (χ4v) is 4.10. The van der Waals surface area contributed by atoms with E-state index in [0.29, 0.717) is 10.5 Å². The summed E-state index contributed by atoms with van der Waals surface area (Å²) in [6.45, 7) is -0.106. The van der Waals surface area contributed by atoms with E-state index >= 15 is 0 Å². The molecular formula is C21H14N2O5S. The van der Waals surface area contributed by atoms with Gasteiger partial charge in [0.05, 0.1) is 0 Å². The molecule has 3 aromatic carbocycles. The number of nitro groups is 1. The minimum atomic E-state index is -1.57. The molecule has 4 aromatic rings. The van der Waals surface area contributed by atoms with Crippen molar-refractivity contribution in [1.29, 1.82) is 0 Å². The van der Waals surface area contributed by atoms with E-state index in [4.69, 9.17) is 4.74 Å². The van der Waals surface area contributed by atoms with Crippen LogP contribution in [-0.2, 0) is 11.3 Å². The van der Waals surface area contributed by atoms with E-state index in [-0.39, 0.29) is 12.3 Å². The minimum Gasteiger partial charge on any atom is -0.426 e. The van der Waals surface area contributed by atoms with Gasteiger partial charge in [-0.15, -0.1) is 11.3 Å². The van der Waals surface area contributed by atoms with Gasteiger partial charge in [0.1, 0.15) is 12.3 Å². The van der Waals surface area contributed by atoms with Crippen molar-refractivity contribution in [3.8, 4) is 0 Å². The van der Waals surface area contributed by atoms with Crippen LogP contribution in [0.1, 0.15) is 5.56 Å². The molecule has 0 saturated heterocycles. The lowest BCUT2D eigenvalue weighted by Crippen LogP contribution is -2.40. The Morgan fingerprint density at radius 1 is 0.931 bits per heavy atom. The summed E-state index contributed by atoms with van der Waals surface area (Å²) in [6.07, 6.45) is -1.10. The zero-order chi connectivity index (χ0) is 20.4. The lowest BCUT2D eigenvalue weighted by atomic mass is 10.1. The number of anilines is 1. The lowest BCUT2D eigenvalue weighted by Gasteiger charge is -2.12. The Balaban J connectivity index is 1.71. The van der Waals surface area contributed by atoms with E-state index in [9.17, 15) is 19.7 Å². The molecule has 0 aliphatic heterocycles. The molecule has 1 heterocycles. The molecule has 0 aliphatic rings. The summed E-state index contributed by atoms with van der Waals surface area (Å²) < 4.78 is 7.15. The van der Waals surface area contributed by atoms with E-state index in [1.807, 2.05) is 30.3 Å². The van der Waals surface area contributed by atoms with Crippen LogP contribution in [0.2, 0.25) is 0 Å². The summed E-state index contributed by atoms with van der Waals surface area (Å²) in [5.74, 6) is 0. The summed E-state index contributed by atoms with van der Waals surface area (Å²) >= 11 is 1.56. The molecule has 0 saturated carbocycles. The van der Waals surface area contributed by atoms with Crippen molar-refractivity contribution in [2.75, 3.05) is 4.90 Å². The third-order valence-corrected chi connectivity index (χ3v) is 5.51. The van der Waals surface area contributed by atoms with Gasteiger partial charge in [0.25, 0.3) is 0 Å². The molecule has 0 aliphatic carbocycles. The summed E-state index contributed by atoms with van der Waals surface area (Å²) in [4.78, 5) is 35.2. The van der Waals surface area contributed by atoms with Crippen molar-refractivity contribution in [2.45, 2.75) is 6.61 Å². The van der Waals surface area contributed by atoms with Crippen LogP contribution in [0.15, 0.2) is 72.8 Å². The van der Waals surface area contributed by atoms with Gasteiger partial charge < -0.3 is 14.9 Å². The van der Waals surface area contributed by atoms with Gasteiger partial charge in [0.15, 0.2) is 0 Å². The Morgan fingerprint density at radius 2 is 1.62 bits per heavy atom. The van der Waals surface area contributed by atoms with E-state index in [0.717, 1.165) is 20.2 Å². The highest BCUT2D eigenvalue weighted by atomic mass is 32.1. The highest BCUT2D eigenvalue weighted by Crippen LogP contribution is 2.36. The first-order chi connectivity index (χ1) is 14.0. The van der Waals surface area contributed by atoms with Crippen LogP contribution in [-0.4, -0.2) is 17.0 Å². The predicted octanol–water partition coefficient (Wildman–Crippen LogP) is 5.59. The van der Waals surface area contributed by atoms with Crippen molar-refractivity contribution in [2.24, 2.45) is 0 Å². The van der Waals surface area contributed by atoms with Crippen LogP contribution < -0.4 is 4.90 Å². The van der Waals surface area contributed by atoms with Crippen LogP contribution in [0.4, 0.5) is 15.3 Å². The van der Waals surface area contributed by atoms with Gasteiger partial charge in [-0.3, -0.25) is 0 Å². The second kappa shape index (κ2) is 7.69. The number of ether oxygens (including phenoxy) is 1. The van der Waals surface area contributed by atoms with Crippen molar-refractivity contribution in [1.82, 2.24) is 0 Å². The maximum Gasteiger partial charge on any atom is 0.550 e. The van der Waals surface area contributed by atoms with Gasteiger partial charge in [-0.1, -0.05) is 53.4 Å². The number of hydrogen-bond donors (Lipinski definition) is 0. The maximum atomic E-state index is 12.6. The summed E-state index contributed by atoms with van der Waals surface area (Å²) in [7, 11) is 0. The number of carbonyl (C=O) groups is 2. The van der Waals surface area contributed by atoms with Gasteiger partial charge in [0.2, 0.25) is 0 Å². The van der Waals surface area contributed by atoms with Gasteiger partial charge in [-0.05, 0) is 29.8 Å². The predicted molar refractivity (Wildman–Crippen MR) is 111 cm³/mol. The average molecular weight is 406 g/mol. The number of rotatable bonds is 3. The molecule has 0 bridgehead atoms. The first-order valence-electron chi connectivity index (χ1n) is 8.65. The van der Waals surface area contributed by atoms with Gasteiger partial charge >= 0.3 is 12.1 Å². The minimum absolute atomic E-state index is 0.0841. The highest BCUT2D eigenvalue weighted by Gasteiger charge is 2.37. The van der Waals surface area contributed by atoms with E-state index < -0.39 is 17.0 Å². The molecule has 0 fully saturated rings. The molecule has 7 nitrogen and oxygen atoms in total. The monoisotopic (exact) mass is 406 g/mol. The van der Waals surface area contributed by atoms with Gasteiger partial charge in [0, 0.05) is 25.1 Å². The maximum absolute atomic E-state index is 12.6. The molecule has 144 valence electrons. The van der Waals surface area contributed by atoms with Crippen molar-refractivity contribution in [3.63, 3.8) is 0 Å². The quantitative estimate of drug-likeness (QED) is 0.327. The molecular weight excluding hydrogens is 392 g/mol. The Kier molecular flexibility index (Phi) is 4.92.